The first-order valence-corrected chi connectivity index (χ1v) is 6.62. The molecule has 2 atom stereocenters. The normalized spacial score (nSPS) is 24.4. The highest BCUT2D eigenvalue weighted by Crippen LogP contribution is 2.15. The van der Waals surface area contributed by atoms with Gasteiger partial charge in [0, 0.05) is 11.6 Å². The average molecular weight is 255 g/mol. The SMILES string of the molecule is CC1NCCCC1C(=O)NCC(=O)NC(C)(C)C. The highest BCUT2D eigenvalue weighted by molar-refractivity contribution is 5.86. The number of hydrogen-bond acceptors (Lipinski definition) is 3. The Morgan fingerprint density at radius 1 is 1.33 bits per heavy atom. The first kappa shape index (κ1) is 15.0. The lowest BCUT2D eigenvalue weighted by Gasteiger charge is -2.29. The maximum atomic E-state index is 11.9. The Balaban J connectivity index is 2.34. The minimum absolute atomic E-state index is 0.0267. The van der Waals surface area contributed by atoms with Crippen LogP contribution < -0.4 is 16.0 Å². The van der Waals surface area contributed by atoms with E-state index in [0.29, 0.717) is 0 Å². The Kier molecular flexibility index (Phi) is 5.14. The van der Waals surface area contributed by atoms with E-state index in [1.165, 1.54) is 0 Å². The summed E-state index contributed by atoms with van der Waals surface area (Å²) in [4.78, 5) is 23.5. The van der Waals surface area contributed by atoms with Gasteiger partial charge in [-0.25, -0.2) is 0 Å². The molecule has 5 nitrogen and oxygen atoms in total. The van der Waals surface area contributed by atoms with Crippen LogP contribution in [0, 0.1) is 5.92 Å². The van der Waals surface area contributed by atoms with Crippen molar-refractivity contribution in [2.75, 3.05) is 13.1 Å². The molecule has 0 aromatic rings. The average Bonchev–Trinajstić information content (AvgIpc) is 2.24. The Bertz CT molecular complexity index is 310. The smallest absolute Gasteiger partial charge is 0.239 e. The van der Waals surface area contributed by atoms with Crippen LogP contribution in [-0.2, 0) is 9.59 Å². The summed E-state index contributed by atoms with van der Waals surface area (Å²) in [5.41, 5.74) is -0.262. The lowest BCUT2D eigenvalue weighted by atomic mass is 9.91. The van der Waals surface area contributed by atoms with Gasteiger partial charge in [-0.1, -0.05) is 0 Å². The molecule has 3 N–H and O–H groups in total. The molecule has 0 spiro atoms. The van der Waals surface area contributed by atoms with Crippen LogP contribution in [0.4, 0.5) is 0 Å². The summed E-state index contributed by atoms with van der Waals surface area (Å²) in [6.07, 6.45) is 1.90. The molecule has 1 fully saturated rings. The molecule has 1 aliphatic heterocycles. The van der Waals surface area contributed by atoms with Crippen LogP contribution in [0.25, 0.3) is 0 Å². The lowest BCUT2D eigenvalue weighted by molar-refractivity contribution is -0.130. The fraction of sp³-hybridized carbons (Fsp3) is 0.846. The van der Waals surface area contributed by atoms with Crippen molar-refractivity contribution in [3.8, 4) is 0 Å². The number of piperidine rings is 1. The van der Waals surface area contributed by atoms with Crippen molar-refractivity contribution < 1.29 is 9.59 Å². The van der Waals surface area contributed by atoms with E-state index < -0.39 is 0 Å². The number of amides is 2. The Morgan fingerprint density at radius 3 is 2.56 bits per heavy atom. The molecule has 2 unspecified atom stereocenters. The number of carbonyl (C=O) groups excluding carboxylic acids is 2. The molecule has 5 heteroatoms. The van der Waals surface area contributed by atoms with E-state index in [2.05, 4.69) is 16.0 Å². The summed E-state index contributed by atoms with van der Waals surface area (Å²) >= 11 is 0. The van der Waals surface area contributed by atoms with Gasteiger partial charge in [0.1, 0.15) is 0 Å². The second-order valence-corrected chi connectivity index (χ2v) is 6.01. The summed E-state index contributed by atoms with van der Waals surface area (Å²) in [5, 5.41) is 8.81. The fourth-order valence-electron chi connectivity index (χ4n) is 2.16. The van der Waals surface area contributed by atoms with Crippen LogP contribution >= 0.6 is 0 Å². The molecule has 1 heterocycles. The van der Waals surface area contributed by atoms with Gasteiger partial charge in [0.2, 0.25) is 11.8 Å². The molecule has 0 saturated carbocycles. The largest absolute Gasteiger partial charge is 0.350 e. The van der Waals surface area contributed by atoms with E-state index in [4.69, 9.17) is 0 Å². The van der Waals surface area contributed by atoms with Crippen LogP contribution in [0.15, 0.2) is 0 Å². The first-order chi connectivity index (χ1) is 8.29. The van der Waals surface area contributed by atoms with Crippen molar-refractivity contribution in [1.29, 1.82) is 0 Å². The third-order valence-electron chi connectivity index (χ3n) is 3.04. The topological polar surface area (TPSA) is 70.2 Å². The van der Waals surface area contributed by atoms with Gasteiger partial charge >= 0.3 is 0 Å². The number of hydrogen-bond donors (Lipinski definition) is 3. The van der Waals surface area contributed by atoms with E-state index in [1.807, 2.05) is 27.7 Å². The lowest BCUT2D eigenvalue weighted by Crippen LogP contribution is -2.50. The standard InChI is InChI=1S/C13H25N3O2/c1-9-10(6-5-7-14-9)12(18)15-8-11(17)16-13(2,3)4/h9-10,14H,5-8H2,1-4H3,(H,15,18)(H,16,17). The maximum absolute atomic E-state index is 11.9. The molecule has 0 aromatic heterocycles. The molecular weight excluding hydrogens is 230 g/mol. The minimum Gasteiger partial charge on any atom is -0.350 e. The monoisotopic (exact) mass is 255 g/mol. The Labute approximate surface area is 109 Å². The molecule has 0 aromatic carbocycles. The van der Waals surface area contributed by atoms with Crippen molar-refractivity contribution in [2.45, 2.75) is 52.1 Å². The summed E-state index contributed by atoms with van der Waals surface area (Å²) in [6, 6.07) is 0.185. The van der Waals surface area contributed by atoms with Gasteiger partial charge in [0.05, 0.1) is 12.5 Å². The van der Waals surface area contributed by atoms with E-state index in [9.17, 15) is 9.59 Å². The van der Waals surface area contributed by atoms with Crippen molar-refractivity contribution >= 4 is 11.8 Å². The van der Waals surface area contributed by atoms with Crippen molar-refractivity contribution in [3.05, 3.63) is 0 Å². The minimum atomic E-state index is -0.262. The molecular formula is C13H25N3O2. The van der Waals surface area contributed by atoms with E-state index >= 15 is 0 Å². The van der Waals surface area contributed by atoms with Crippen molar-refractivity contribution in [2.24, 2.45) is 5.92 Å². The summed E-state index contributed by atoms with van der Waals surface area (Å²) < 4.78 is 0. The predicted molar refractivity (Wildman–Crippen MR) is 71.1 cm³/mol. The summed E-state index contributed by atoms with van der Waals surface area (Å²) in [5.74, 6) is -0.202. The van der Waals surface area contributed by atoms with Gasteiger partial charge in [-0.05, 0) is 47.1 Å². The van der Waals surface area contributed by atoms with E-state index in [0.717, 1.165) is 19.4 Å². The zero-order chi connectivity index (χ0) is 13.8. The predicted octanol–water partition coefficient (Wildman–Crippen LogP) is 0.405. The zero-order valence-electron chi connectivity index (χ0n) is 11.8. The summed E-state index contributed by atoms with van der Waals surface area (Å²) in [7, 11) is 0. The van der Waals surface area contributed by atoms with Gasteiger partial charge in [-0.15, -0.1) is 0 Å². The molecule has 1 aliphatic rings. The Hall–Kier alpha value is -1.10. The highest BCUT2D eigenvalue weighted by Gasteiger charge is 2.27. The van der Waals surface area contributed by atoms with Crippen LogP contribution in [0.1, 0.15) is 40.5 Å². The molecule has 0 radical (unpaired) electrons. The molecule has 1 saturated heterocycles. The molecule has 1 rings (SSSR count). The second-order valence-electron chi connectivity index (χ2n) is 6.01. The molecule has 104 valence electrons. The second kappa shape index (κ2) is 6.18. The quantitative estimate of drug-likeness (QED) is 0.684. The van der Waals surface area contributed by atoms with Gasteiger partial charge in [0.15, 0.2) is 0 Å². The van der Waals surface area contributed by atoms with Gasteiger partial charge in [-0.2, -0.15) is 0 Å². The highest BCUT2D eigenvalue weighted by atomic mass is 16.2. The third kappa shape index (κ3) is 5.04. The van der Waals surface area contributed by atoms with E-state index in [-0.39, 0.29) is 35.9 Å². The van der Waals surface area contributed by atoms with Crippen molar-refractivity contribution in [3.63, 3.8) is 0 Å². The van der Waals surface area contributed by atoms with E-state index in [1.54, 1.807) is 0 Å². The molecule has 18 heavy (non-hydrogen) atoms. The molecule has 0 aliphatic carbocycles. The molecule has 2 amide bonds. The van der Waals surface area contributed by atoms with Crippen LogP contribution in [0.2, 0.25) is 0 Å². The Morgan fingerprint density at radius 2 is 2.00 bits per heavy atom. The molecule has 0 bridgehead atoms. The van der Waals surface area contributed by atoms with Crippen LogP contribution in [0.5, 0.6) is 0 Å². The zero-order valence-corrected chi connectivity index (χ0v) is 11.8. The van der Waals surface area contributed by atoms with Crippen molar-refractivity contribution in [1.82, 2.24) is 16.0 Å². The first-order valence-electron chi connectivity index (χ1n) is 6.62. The van der Waals surface area contributed by atoms with Gasteiger partial charge < -0.3 is 16.0 Å². The maximum Gasteiger partial charge on any atom is 0.239 e. The van der Waals surface area contributed by atoms with Gasteiger partial charge in [-0.3, -0.25) is 9.59 Å². The number of nitrogens with one attached hydrogen (secondary N) is 3. The van der Waals surface area contributed by atoms with Crippen LogP contribution in [-0.4, -0.2) is 36.5 Å². The summed E-state index contributed by atoms with van der Waals surface area (Å²) in [6.45, 7) is 8.78. The fourth-order valence-corrected chi connectivity index (χ4v) is 2.16. The van der Waals surface area contributed by atoms with Gasteiger partial charge in [0.25, 0.3) is 0 Å². The number of carbonyl (C=O) groups is 2. The third-order valence-corrected chi connectivity index (χ3v) is 3.04. The number of rotatable bonds is 3. The van der Waals surface area contributed by atoms with Crippen LogP contribution in [0.3, 0.4) is 0 Å².